The summed E-state index contributed by atoms with van der Waals surface area (Å²) in [6.45, 7) is 1.29. The van der Waals surface area contributed by atoms with Crippen molar-refractivity contribution in [1.29, 1.82) is 0 Å². The van der Waals surface area contributed by atoms with Crippen molar-refractivity contribution in [1.82, 2.24) is 10.2 Å². The van der Waals surface area contributed by atoms with Crippen molar-refractivity contribution in [3.8, 4) is 11.5 Å². The molecule has 0 aliphatic heterocycles. The average Bonchev–Trinajstić information content (AvgIpc) is 2.72. The van der Waals surface area contributed by atoms with E-state index in [1.165, 1.54) is 12.1 Å². The molecule has 9 heteroatoms. The van der Waals surface area contributed by atoms with Gasteiger partial charge in [-0.3, -0.25) is 15.1 Å². The SMILES string of the molecule is CN=C(NCc1ccc([N+](=O)[O-])cc1)N(C)CCc1ccc(OC)c(OC)c1.I. The Morgan fingerprint density at radius 2 is 1.72 bits per heavy atom. The van der Waals surface area contributed by atoms with Crippen LogP contribution in [0, 0.1) is 10.1 Å². The van der Waals surface area contributed by atoms with Gasteiger partial charge in [0.05, 0.1) is 19.1 Å². The number of nitro benzene ring substituents is 1. The normalized spacial score (nSPS) is 10.7. The number of benzene rings is 2. The topological polar surface area (TPSA) is 89.2 Å². The number of guanidine groups is 1. The molecule has 2 aromatic carbocycles. The lowest BCUT2D eigenvalue weighted by atomic mass is 10.1. The summed E-state index contributed by atoms with van der Waals surface area (Å²) in [5, 5.41) is 14.0. The van der Waals surface area contributed by atoms with Gasteiger partial charge in [0.2, 0.25) is 0 Å². The van der Waals surface area contributed by atoms with Crippen LogP contribution in [0.5, 0.6) is 11.5 Å². The lowest BCUT2D eigenvalue weighted by Gasteiger charge is -2.22. The summed E-state index contributed by atoms with van der Waals surface area (Å²) in [5.41, 5.74) is 2.16. The van der Waals surface area contributed by atoms with E-state index in [9.17, 15) is 10.1 Å². The molecule has 2 aromatic rings. The van der Waals surface area contributed by atoms with Crippen LogP contribution in [-0.4, -0.2) is 50.6 Å². The van der Waals surface area contributed by atoms with E-state index in [0.717, 1.165) is 30.1 Å². The number of aliphatic imine (C=N–C) groups is 1. The van der Waals surface area contributed by atoms with Crippen LogP contribution in [-0.2, 0) is 13.0 Å². The molecule has 0 bridgehead atoms. The molecule has 29 heavy (non-hydrogen) atoms. The Balaban J connectivity index is 0.00000420. The molecule has 0 radical (unpaired) electrons. The van der Waals surface area contributed by atoms with E-state index in [-0.39, 0.29) is 29.7 Å². The second-order valence-electron chi connectivity index (χ2n) is 6.19. The van der Waals surface area contributed by atoms with Gasteiger partial charge in [-0.1, -0.05) is 18.2 Å². The van der Waals surface area contributed by atoms with Crippen molar-refractivity contribution < 1.29 is 14.4 Å². The zero-order valence-electron chi connectivity index (χ0n) is 17.0. The number of likely N-dealkylation sites (N-methyl/N-ethyl adjacent to an activating group) is 1. The van der Waals surface area contributed by atoms with E-state index in [1.807, 2.05) is 30.1 Å². The first kappa shape index (κ1) is 24.5. The van der Waals surface area contributed by atoms with Crippen LogP contribution in [0.25, 0.3) is 0 Å². The molecule has 0 saturated carbocycles. The van der Waals surface area contributed by atoms with Gasteiger partial charge in [0.1, 0.15) is 0 Å². The van der Waals surface area contributed by atoms with Crippen molar-refractivity contribution in [3.05, 3.63) is 63.7 Å². The number of rotatable bonds is 8. The minimum atomic E-state index is -0.405. The molecule has 1 N–H and O–H groups in total. The van der Waals surface area contributed by atoms with Crippen LogP contribution < -0.4 is 14.8 Å². The molecule has 0 saturated heterocycles. The summed E-state index contributed by atoms with van der Waals surface area (Å²) in [6.07, 6.45) is 0.815. The van der Waals surface area contributed by atoms with Crippen LogP contribution in [0.3, 0.4) is 0 Å². The first-order chi connectivity index (χ1) is 13.5. The molecule has 0 heterocycles. The Kier molecular flexibility index (Phi) is 10.2. The van der Waals surface area contributed by atoms with Crippen LogP contribution in [0.2, 0.25) is 0 Å². The minimum absolute atomic E-state index is 0. The van der Waals surface area contributed by atoms with Crippen LogP contribution in [0.1, 0.15) is 11.1 Å². The second kappa shape index (κ2) is 12.1. The summed E-state index contributed by atoms with van der Waals surface area (Å²) >= 11 is 0. The number of non-ortho nitro benzene ring substituents is 1. The molecule has 0 fully saturated rings. The molecule has 158 valence electrons. The van der Waals surface area contributed by atoms with Crippen molar-refractivity contribution in [2.24, 2.45) is 4.99 Å². The molecule has 2 rings (SSSR count). The maximum atomic E-state index is 10.7. The third-order valence-electron chi connectivity index (χ3n) is 4.35. The summed E-state index contributed by atoms with van der Waals surface area (Å²) in [6, 6.07) is 12.4. The standard InChI is InChI=1S/C20H26N4O4.HI/c1-21-20(22-14-16-5-8-17(9-6-16)24(25)26)23(2)12-11-15-7-10-18(27-3)19(13-15)28-4;/h5-10,13H,11-12,14H2,1-4H3,(H,21,22);1H. The number of hydrogen-bond acceptors (Lipinski definition) is 5. The summed E-state index contributed by atoms with van der Waals surface area (Å²) in [4.78, 5) is 16.7. The van der Waals surface area contributed by atoms with Gasteiger partial charge < -0.3 is 19.7 Å². The Bertz CT molecular complexity index is 828. The van der Waals surface area contributed by atoms with Gasteiger partial charge in [-0.2, -0.15) is 0 Å². The molecule has 0 unspecified atom stereocenters. The predicted octanol–water partition coefficient (Wildman–Crippen LogP) is 3.48. The van der Waals surface area contributed by atoms with E-state index >= 15 is 0 Å². The van der Waals surface area contributed by atoms with Crippen LogP contribution in [0.4, 0.5) is 5.69 Å². The van der Waals surface area contributed by atoms with Gasteiger partial charge in [-0.25, -0.2) is 0 Å². The van der Waals surface area contributed by atoms with Gasteiger partial charge in [-0.05, 0) is 29.7 Å². The quantitative estimate of drug-likeness (QED) is 0.191. The fourth-order valence-corrected chi connectivity index (χ4v) is 2.74. The molecule has 0 amide bonds. The van der Waals surface area contributed by atoms with E-state index in [0.29, 0.717) is 18.0 Å². The Morgan fingerprint density at radius 3 is 2.28 bits per heavy atom. The fourth-order valence-electron chi connectivity index (χ4n) is 2.74. The lowest BCUT2D eigenvalue weighted by molar-refractivity contribution is -0.384. The second-order valence-corrected chi connectivity index (χ2v) is 6.19. The molecule has 8 nitrogen and oxygen atoms in total. The zero-order chi connectivity index (χ0) is 20.5. The van der Waals surface area contributed by atoms with Gasteiger partial charge >= 0.3 is 0 Å². The third kappa shape index (κ3) is 7.08. The van der Waals surface area contributed by atoms with Gasteiger partial charge in [-0.15, -0.1) is 24.0 Å². The smallest absolute Gasteiger partial charge is 0.269 e. The number of halogens is 1. The van der Waals surface area contributed by atoms with Crippen molar-refractivity contribution in [3.63, 3.8) is 0 Å². The monoisotopic (exact) mass is 514 g/mol. The summed E-state index contributed by atoms with van der Waals surface area (Å²) in [5.74, 6) is 2.17. The molecule has 0 aliphatic carbocycles. The zero-order valence-corrected chi connectivity index (χ0v) is 19.4. The fraction of sp³-hybridized carbons (Fsp3) is 0.350. The van der Waals surface area contributed by atoms with Gasteiger partial charge in [0.25, 0.3) is 5.69 Å². The maximum Gasteiger partial charge on any atom is 0.269 e. The Morgan fingerprint density at radius 1 is 1.10 bits per heavy atom. The largest absolute Gasteiger partial charge is 0.493 e. The molecular formula is C20H27IN4O4. The molecular weight excluding hydrogens is 487 g/mol. The summed E-state index contributed by atoms with van der Waals surface area (Å²) < 4.78 is 10.6. The van der Waals surface area contributed by atoms with Crippen LogP contribution in [0.15, 0.2) is 47.5 Å². The molecule has 0 aromatic heterocycles. The van der Waals surface area contributed by atoms with Gasteiger partial charge in [0.15, 0.2) is 17.5 Å². The maximum absolute atomic E-state index is 10.7. The van der Waals surface area contributed by atoms with E-state index in [4.69, 9.17) is 9.47 Å². The Hall–Kier alpha value is -2.56. The number of nitrogens with one attached hydrogen (secondary N) is 1. The van der Waals surface area contributed by atoms with Gasteiger partial charge in [0, 0.05) is 39.3 Å². The highest BCUT2D eigenvalue weighted by Crippen LogP contribution is 2.27. The van der Waals surface area contributed by atoms with E-state index < -0.39 is 4.92 Å². The number of nitro groups is 1. The highest BCUT2D eigenvalue weighted by molar-refractivity contribution is 14.0. The number of hydrogen-bond donors (Lipinski definition) is 1. The number of ether oxygens (including phenoxy) is 2. The first-order valence-corrected chi connectivity index (χ1v) is 8.84. The number of nitrogens with zero attached hydrogens (tertiary/aromatic N) is 3. The summed E-state index contributed by atoms with van der Waals surface area (Å²) in [7, 11) is 6.93. The van der Waals surface area contributed by atoms with Crippen molar-refractivity contribution in [2.45, 2.75) is 13.0 Å². The average molecular weight is 514 g/mol. The minimum Gasteiger partial charge on any atom is -0.493 e. The molecule has 0 atom stereocenters. The highest BCUT2D eigenvalue weighted by Gasteiger charge is 2.09. The predicted molar refractivity (Wildman–Crippen MR) is 125 cm³/mol. The van der Waals surface area contributed by atoms with Crippen molar-refractivity contribution in [2.75, 3.05) is 34.9 Å². The van der Waals surface area contributed by atoms with Crippen molar-refractivity contribution >= 4 is 35.6 Å². The lowest BCUT2D eigenvalue weighted by Crippen LogP contribution is -2.39. The first-order valence-electron chi connectivity index (χ1n) is 8.84. The highest BCUT2D eigenvalue weighted by atomic mass is 127. The van der Waals surface area contributed by atoms with Crippen LogP contribution >= 0.6 is 24.0 Å². The van der Waals surface area contributed by atoms with E-state index in [2.05, 4.69) is 10.3 Å². The number of methoxy groups -OCH3 is 2. The van der Waals surface area contributed by atoms with E-state index in [1.54, 1.807) is 33.4 Å². The Labute approximate surface area is 188 Å². The molecule has 0 aliphatic rings. The third-order valence-corrected chi connectivity index (χ3v) is 4.35. The molecule has 0 spiro atoms.